The molecule has 0 fully saturated rings. The van der Waals surface area contributed by atoms with Crippen LogP contribution in [0.1, 0.15) is 42.3 Å². The smallest absolute Gasteiger partial charge is 0.293 e. The number of carbonyl (C=O) groups is 1. The van der Waals surface area contributed by atoms with Crippen molar-refractivity contribution in [3.8, 4) is 11.3 Å². The number of hydrogen-bond donors (Lipinski definition) is 2. The first-order valence-corrected chi connectivity index (χ1v) is 11.5. The fraction of sp³-hybridized carbons (Fsp3) is 0.207. The average molecular weight is 467 g/mol. The summed E-state index contributed by atoms with van der Waals surface area (Å²) in [7, 11) is 1.70. The highest BCUT2D eigenvalue weighted by molar-refractivity contribution is 6.05. The molecule has 0 aliphatic rings. The monoisotopic (exact) mass is 466 g/mol. The van der Waals surface area contributed by atoms with Crippen molar-refractivity contribution >= 4 is 23.1 Å². The molecule has 0 aliphatic carbocycles. The molecule has 0 atom stereocenters. The fourth-order valence-electron chi connectivity index (χ4n) is 3.84. The van der Waals surface area contributed by atoms with Crippen molar-refractivity contribution in [3.63, 3.8) is 0 Å². The summed E-state index contributed by atoms with van der Waals surface area (Å²) in [4.78, 5) is 30.2. The zero-order chi connectivity index (χ0) is 25.2. The first-order chi connectivity index (χ1) is 16.6. The van der Waals surface area contributed by atoms with E-state index in [4.69, 9.17) is 0 Å². The third-order valence-corrected chi connectivity index (χ3v) is 5.98. The van der Waals surface area contributed by atoms with E-state index in [1.165, 1.54) is 10.1 Å². The Balaban J connectivity index is 1.63. The van der Waals surface area contributed by atoms with E-state index in [0.717, 1.165) is 16.8 Å². The Bertz CT molecular complexity index is 1420. The van der Waals surface area contributed by atoms with Crippen molar-refractivity contribution in [2.75, 3.05) is 10.6 Å². The van der Waals surface area contributed by atoms with Gasteiger partial charge in [0.05, 0.1) is 5.69 Å². The molecule has 1 amide bonds. The molecule has 6 heteroatoms. The van der Waals surface area contributed by atoms with Gasteiger partial charge >= 0.3 is 0 Å². The van der Waals surface area contributed by atoms with E-state index in [0.29, 0.717) is 16.9 Å². The number of rotatable bonds is 5. The second-order valence-corrected chi connectivity index (χ2v) is 9.64. The van der Waals surface area contributed by atoms with E-state index in [-0.39, 0.29) is 22.7 Å². The van der Waals surface area contributed by atoms with Crippen LogP contribution in [0.15, 0.2) is 83.8 Å². The van der Waals surface area contributed by atoms with Gasteiger partial charge in [-0.15, -0.1) is 0 Å². The molecule has 0 radical (unpaired) electrons. The van der Waals surface area contributed by atoms with Gasteiger partial charge in [-0.25, -0.2) is 4.98 Å². The van der Waals surface area contributed by atoms with Crippen molar-refractivity contribution in [2.45, 2.75) is 33.1 Å². The molecule has 0 unspecified atom stereocenters. The Labute approximate surface area is 205 Å². The Morgan fingerprint density at radius 2 is 1.60 bits per heavy atom. The summed E-state index contributed by atoms with van der Waals surface area (Å²) in [5.41, 5.74) is 5.38. The maximum Gasteiger partial charge on any atom is 0.293 e. The van der Waals surface area contributed by atoms with Crippen LogP contribution in [0.5, 0.6) is 0 Å². The number of hydrogen-bond acceptors (Lipinski definition) is 4. The van der Waals surface area contributed by atoms with Crippen LogP contribution < -0.4 is 16.2 Å². The van der Waals surface area contributed by atoms with Gasteiger partial charge in [0.2, 0.25) is 0 Å². The maximum atomic E-state index is 12.9. The maximum absolute atomic E-state index is 12.9. The van der Waals surface area contributed by atoms with Gasteiger partial charge in [-0.05, 0) is 53.8 Å². The lowest BCUT2D eigenvalue weighted by molar-refractivity contribution is 0.102. The first kappa shape index (κ1) is 24.0. The van der Waals surface area contributed by atoms with Crippen LogP contribution in [0.4, 0.5) is 17.2 Å². The number of amides is 1. The number of nitrogens with zero attached hydrogens (tertiary/aromatic N) is 2. The van der Waals surface area contributed by atoms with Crippen LogP contribution in [0.3, 0.4) is 0 Å². The summed E-state index contributed by atoms with van der Waals surface area (Å²) in [6.45, 7) is 8.37. The quantitative estimate of drug-likeness (QED) is 0.375. The molecule has 178 valence electrons. The Morgan fingerprint density at radius 3 is 2.26 bits per heavy atom. The van der Waals surface area contributed by atoms with E-state index in [1.54, 1.807) is 13.2 Å². The molecule has 0 bridgehead atoms. The predicted molar refractivity (Wildman–Crippen MR) is 142 cm³/mol. The number of para-hydroxylation sites is 1. The molecule has 0 aliphatic heterocycles. The molecule has 6 nitrogen and oxygen atoms in total. The summed E-state index contributed by atoms with van der Waals surface area (Å²) < 4.78 is 1.51. The third-order valence-electron chi connectivity index (χ3n) is 5.98. The van der Waals surface area contributed by atoms with Gasteiger partial charge in [-0.1, -0.05) is 63.2 Å². The summed E-state index contributed by atoms with van der Waals surface area (Å²) in [5, 5.41) is 6.14. The third kappa shape index (κ3) is 5.32. The van der Waals surface area contributed by atoms with Crippen molar-refractivity contribution in [1.82, 2.24) is 9.55 Å². The predicted octanol–water partition coefficient (Wildman–Crippen LogP) is 6.05. The molecule has 1 aromatic heterocycles. The van der Waals surface area contributed by atoms with Crippen molar-refractivity contribution < 1.29 is 4.79 Å². The number of aryl methyl sites for hydroxylation is 1. The minimum Gasteiger partial charge on any atom is -0.336 e. The van der Waals surface area contributed by atoms with E-state index in [9.17, 15) is 9.59 Å². The first-order valence-electron chi connectivity index (χ1n) is 11.5. The lowest BCUT2D eigenvalue weighted by Crippen LogP contribution is -2.21. The zero-order valence-electron chi connectivity index (χ0n) is 20.7. The Morgan fingerprint density at radius 1 is 0.914 bits per heavy atom. The minimum absolute atomic E-state index is 0.0247. The Hall–Kier alpha value is -4.19. The number of benzene rings is 3. The number of aromatic nitrogens is 2. The highest BCUT2D eigenvalue weighted by Gasteiger charge is 2.16. The lowest BCUT2D eigenvalue weighted by atomic mass is 9.86. The molecule has 0 saturated carbocycles. The van der Waals surface area contributed by atoms with Gasteiger partial charge in [0.15, 0.2) is 5.82 Å². The summed E-state index contributed by atoms with van der Waals surface area (Å²) in [5.74, 6) is 0.0644. The second kappa shape index (κ2) is 9.58. The number of nitrogens with one attached hydrogen (secondary N) is 2. The molecule has 0 spiro atoms. The van der Waals surface area contributed by atoms with Crippen LogP contribution in [-0.2, 0) is 12.5 Å². The SMILES string of the molecule is Cc1c(NC(=O)c2ccc(C(C)(C)C)cc2)cccc1-c1cn(C)c(=O)c(Nc2ccccc2)n1. The topological polar surface area (TPSA) is 76.0 Å². The van der Waals surface area contributed by atoms with Crippen molar-refractivity contribution in [2.24, 2.45) is 7.05 Å². The molecule has 0 saturated heterocycles. The Kier molecular flexibility index (Phi) is 6.56. The fourth-order valence-corrected chi connectivity index (χ4v) is 3.84. The molecule has 35 heavy (non-hydrogen) atoms. The van der Waals surface area contributed by atoms with Gasteiger partial charge in [0.25, 0.3) is 11.5 Å². The molecule has 4 rings (SSSR count). The van der Waals surface area contributed by atoms with E-state index in [1.807, 2.05) is 79.7 Å². The highest BCUT2D eigenvalue weighted by atomic mass is 16.1. The molecule has 1 heterocycles. The van der Waals surface area contributed by atoms with Crippen LogP contribution in [0.2, 0.25) is 0 Å². The van der Waals surface area contributed by atoms with Gasteiger partial charge in [-0.3, -0.25) is 9.59 Å². The number of anilines is 3. The highest BCUT2D eigenvalue weighted by Crippen LogP contribution is 2.28. The van der Waals surface area contributed by atoms with Crippen LogP contribution in [0.25, 0.3) is 11.3 Å². The van der Waals surface area contributed by atoms with E-state index in [2.05, 4.69) is 36.4 Å². The van der Waals surface area contributed by atoms with Gasteiger partial charge in [0, 0.05) is 35.7 Å². The molecular weight excluding hydrogens is 436 g/mol. The van der Waals surface area contributed by atoms with Crippen molar-refractivity contribution in [3.05, 3.63) is 106 Å². The largest absolute Gasteiger partial charge is 0.336 e. The second-order valence-electron chi connectivity index (χ2n) is 9.64. The summed E-state index contributed by atoms with van der Waals surface area (Å²) >= 11 is 0. The molecule has 4 aromatic rings. The summed E-state index contributed by atoms with van der Waals surface area (Å²) in [6.07, 6.45) is 1.71. The van der Waals surface area contributed by atoms with Gasteiger partial charge in [0.1, 0.15) is 0 Å². The van der Waals surface area contributed by atoms with E-state index >= 15 is 0 Å². The van der Waals surface area contributed by atoms with E-state index < -0.39 is 0 Å². The van der Waals surface area contributed by atoms with Crippen LogP contribution >= 0.6 is 0 Å². The van der Waals surface area contributed by atoms with Gasteiger partial charge in [-0.2, -0.15) is 0 Å². The summed E-state index contributed by atoms with van der Waals surface area (Å²) in [6, 6.07) is 22.8. The molecule has 3 aromatic carbocycles. The van der Waals surface area contributed by atoms with Crippen LogP contribution in [0, 0.1) is 6.92 Å². The minimum atomic E-state index is -0.224. The van der Waals surface area contributed by atoms with Crippen molar-refractivity contribution in [1.29, 1.82) is 0 Å². The normalized spacial score (nSPS) is 11.2. The van der Waals surface area contributed by atoms with Gasteiger partial charge < -0.3 is 15.2 Å². The molecular formula is C29H30N4O2. The average Bonchev–Trinajstić information content (AvgIpc) is 2.83. The zero-order valence-corrected chi connectivity index (χ0v) is 20.7. The standard InChI is InChI=1S/C29H30N4O2/c1-19-23(25-18-33(5)28(35)26(31-25)30-22-10-7-6-8-11-22)12-9-13-24(19)32-27(34)20-14-16-21(17-15-20)29(2,3)4/h6-18H,1-5H3,(H,30,31)(H,32,34). The lowest BCUT2D eigenvalue weighted by Gasteiger charge is -2.19. The number of carbonyl (C=O) groups excluding carboxylic acids is 1. The molecule has 2 N–H and O–H groups in total. The van der Waals surface area contributed by atoms with Crippen LogP contribution in [-0.4, -0.2) is 15.5 Å².